The van der Waals surface area contributed by atoms with E-state index in [9.17, 15) is 19.6 Å². The van der Waals surface area contributed by atoms with Gasteiger partial charge in [-0.05, 0) is 58.4 Å². The van der Waals surface area contributed by atoms with Crippen molar-refractivity contribution in [3.8, 4) is 6.07 Å². The maximum absolute atomic E-state index is 14.0. The molecule has 0 fully saturated rings. The number of thioether (sulfide) groups is 1. The Balaban J connectivity index is 1.72. The highest BCUT2D eigenvalue weighted by Crippen LogP contribution is 2.27. The molecule has 0 aliphatic heterocycles. The number of imidazole rings is 1. The lowest BCUT2D eigenvalue weighted by Crippen LogP contribution is -2.53. The molecule has 0 N–H and O–H groups in total. The Labute approximate surface area is 300 Å². The van der Waals surface area contributed by atoms with Crippen molar-refractivity contribution in [1.29, 1.82) is 5.26 Å². The van der Waals surface area contributed by atoms with Gasteiger partial charge in [-0.2, -0.15) is 17.0 Å². The standard InChI is InChI=1S/C39H48N6O4S/c1-7-28(2)36(45(29(3)46)37-22-41-27-44(37)23-31-17-15-30(21-40)16-18-31)25-43(24-33-13-10-12-32-11-8-9-14-34(32)33)26-38(47)42(4)35(19-20-50-6)39(48)49-5/h8-18,22,27-28,35-36H,7,19-20,23-26H2,1-6H3/t28-,35-,36+/m0/s1. The number of carbonyl (C=O) groups excluding carboxylic acids is 3. The zero-order valence-electron chi connectivity index (χ0n) is 29.9. The minimum atomic E-state index is -0.699. The molecule has 264 valence electrons. The number of nitriles is 1. The molecule has 1 aromatic heterocycles. The Morgan fingerprint density at radius 1 is 1.06 bits per heavy atom. The van der Waals surface area contributed by atoms with Gasteiger partial charge in [0.25, 0.3) is 0 Å². The molecule has 0 spiro atoms. The molecule has 0 radical (unpaired) electrons. The molecule has 0 saturated heterocycles. The molecule has 4 aromatic rings. The topological polar surface area (TPSA) is 112 Å². The second kappa shape index (κ2) is 18.4. The molecule has 4 rings (SSSR count). The van der Waals surface area contributed by atoms with E-state index in [-0.39, 0.29) is 30.3 Å². The van der Waals surface area contributed by atoms with Crippen LogP contribution in [0.15, 0.2) is 79.3 Å². The first-order chi connectivity index (χ1) is 24.1. The highest BCUT2D eigenvalue weighted by molar-refractivity contribution is 7.98. The lowest BCUT2D eigenvalue weighted by molar-refractivity contribution is -0.152. The minimum Gasteiger partial charge on any atom is -0.467 e. The molecule has 0 aliphatic rings. The second-order valence-electron chi connectivity index (χ2n) is 12.7. The van der Waals surface area contributed by atoms with Gasteiger partial charge in [-0.1, -0.05) is 74.9 Å². The number of amides is 2. The molecule has 2 amide bonds. The average Bonchev–Trinajstić information content (AvgIpc) is 3.58. The van der Waals surface area contributed by atoms with Crippen LogP contribution in [0.5, 0.6) is 0 Å². The van der Waals surface area contributed by atoms with E-state index in [1.54, 1.807) is 50.4 Å². The number of likely N-dealkylation sites (N-methyl/N-ethyl adjacent to an activating group) is 1. The van der Waals surface area contributed by atoms with Gasteiger partial charge in [0, 0.05) is 27.1 Å². The Morgan fingerprint density at radius 2 is 1.78 bits per heavy atom. The Bertz CT molecular complexity index is 1780. The summed E-state index contributed by atoms with van der Waals surface area (Å²) in [6, 6.07) is 22.9. The lowest BCUT2D eigenvalue weighted by atomic mass is 9.96. The van der Waals surface area contributed by atoms with Gasteiger partial charge in [-0.25, -0.2) is 9.78 Å². The number of carbonyl (C=O) groups is 3. The molecule has 50 heavy (non-hydrogen) atoms. The van der Waals surface area contributed by atoms with Crippen LogP contribution in [-0.2, 0) is 32.2 Å². The van der Waals surface area contributed by atoms with Crippen LogP contribution in [-0.4, -0.2) is 88.5 Å². The molecule has 11 heteroatoms. The summed E-state index contributed by atoms with van der Waals surface area (Å²) < 4.78 is 7.03. The summed E-state index contributed by atoms with van der Waals surface area (Å²) in [7, 11) is 3.01. The number of ether oxygens (including phenoxy) is 1. The fourth-order valence-corrected chi connectivity index (χ4v) is 6.76. The van der Waals surface area contributed by atoms with Crippen LogP contribution in [0, 0.1) is 17.2 Å². The smallest absolute Gasteiger partial charge is 0.328 e. The maximum Gasteiger partial charge on any atom is 0.328 e. The van der Waals surface area contributed by atoms with Gasteiger partial charge in [0.2, 0.25) is 11.8 Å². The molecular formula is C39H48N6O4S. The van der Waals surface area contributed by atoms with E-state index in [1.165, 1.54) is 12.0 Å². The van der Waals surface area contributed by atoms with E-state index in [2.05, 4.69) is 54.1 Å². The van der Waals surface area contributed by atoms with E-state index in [4.69, 9.17) is 4.74 Å². The Morgan fingerprint density at radius 3 is 2.44 bits per heavy atom. The number of hydrogen-bond donors (Lipinski definition) is 0. The van der Waals surface area contributed by atoms with Gasteiger partial charge in [-0.15, -0.1) is 0 Å². The molecule has 0 aliphatic carbocycles. The summed E-state index contributed by atoms with van der Waals surface area (Å²) in [5.41, 5.74) is 2.61. The Kier molecular flexibility index (Phi) is 14.0. The van der Waals surface area contributed by atoms with E-state index < -0.39 is 12.0 Å². The van der Waals surface area contributed by atoms with Gasteiger partial charge >= 0.3 is 5.97 Å². The number of anilines is 1. The number of hydrogen-bond acceptors (Lipinski definition) is 8. The normalized spacial score (nSPS) is 13.0. The molecule has 0 unspecified atom stereocenters. The first-order valence-electron chi connectivity index (χ1n) is 16.9. The predicted octanol–water partition coefficient (Wildman–Crippen LogP) is 5.98. The number of methoxy groups -OCH3 is 1. The predicted molar refractivity (Wildman–Crippen MR) is 200 cm³/mol. The highest BCUT2D eigenvalue weighted by atomic mass is 32.2. The quantitative estimate of drug-likeness (QED) is 0.124. The number of fused-ring (bicyclic) bond motifs is 1. The summed E-state index contributed by atoms with van der Waals surface area (Å²) in [5, 5.41) is 11.4. The van der Waals surface area contributed by atoms with E-state index >= 15 is 0 Å². The van der Waals surface area contributed by atoms with E-state index in [0.717, 1.165) is 28.3 Å². The van der Waals surface area contributed by atoms with Crippen molar-refractivity contribution < 1.29 is 19.1 Å². The molecule has 0 saturated carbocycles. The van der Waals surface area contributed by atoms with Crippen molar-refractivity contribution >= 4 is 46.1 Å². The molecule has 10 nitrogen and oxygen atoms in total. The van der Waals surface area contributed by atoms with Gasteiger partial charge in [-0.3, -0.25) is 19.4 Å². The first-order valence-corrected chi connectivity index (χ1v) is 18.3. The van der Waals surface area contributed by atoms with Crippen molar-refractivity contribution in [2.75, 3.05) is 44.2 Å². The molecular weight excluding hydrogens is 649 g/mol. The van der Waals surface area contributed by atoms with Crippen molar-refractivity contribution in [2.45, 2.75) is 58.8 Å². The number of aromatic nitrogens is 2. The summed E-state index contributed by atoms with van der Waals surface area (Å²) in [4.78, 5) is 50.3. The lowest BCUT2D eigenvalue weighted by Gasteiger charge is -2.39. The van der Waals surface area contributed by atoms with Crippen LogP contribution in [0.4, 0.5) is 5.82 Å². The molecule has 0 bridgehead atoms. The third-order valence-corrected chi connectivity index (χ3v) is 10.00. The number of nitrogens with zero attached hydrogens (tertiary/aromatic N) is 6. The summed E-state index contributed by atoms with van der Waals surface area (Å²) in [6.45, 7) is 7.15. The molecule has 3 atom stereocenters. The van der Waals surface area contributed by atoms with Gasteiger partial charge in [0.1, 0.15) is 11.9 Å². The van der Waals surface area contributed by atoms with Crippen LogP contribution in [0.3, 0.4) is 0 Å². The maximum atomic E-state index is 14.0. The van der Waals surface area contributed by atoms with Crippen LogP contribution in [0.1, 0.15) is 50.3 Å². The summed E-state index contributed by atoms with van der Waals surface area (Å²) in [6.07, 6.45) is 6.67. The number of benzene rings is 3. The third kappa shape index (κ3) is 9.52. The second-order valence-corrected chi connectivity index (χ2v) is 13.6. The van der Waals surface area contributed by atoms with Crippen molar-refractivity contribution in [2.24, 2.45) is 5.92 Å². The van der Waals surface area contributed by atoms with Crippen LogP contribution >= 0.6 is 11.8 Å². The summed E-state index contributed by atoms with van der Waals surface area (Å²) in [5.74, 6) is 0.647. The van der Waals surface area contributed by atoms with Crippen LogP contribution in [0.25, 0.3) is 10.8 Å². The van der Waals surface area contributed by atoms with Crippen molar-refractivity contribution in [1.82, 2.24) is 19.4 Å². The highest BCUT2D eigenvalue weighted by Gasteiger charge is 2.33. The number of rotatable bonds is 17. The Hall–Kier alpha value is -4.66. The average molecular weight is 697 g/mol. The molecule has 3 aromatic carbocycles. The minimum absolute atomic E-state index is 0.0374. The van der Waals surface area contributed by atoms with Crippen LogP contribution < -0.4 is 4.90 Å². The monoisotopic (exact) mass is 696 g/mol. The fraction of sp³-hybridized carbons (Fsp3) is 0.410. The summed E-state index contributed by atoms with van der Waals surface area (Å²) >= 11 is 1.61. The van der Waals surface area contributed by atoms with Crippen molar-refractivity contribution in [3.05, 3.63) is 95.9 Å². The zero-order chi connectivity index (χ0) is 36.2. The largest absolute Gasteiger partial charge is 0.467 e. The van der Waals surface area contributed by atoms with E-state index in [1.807, 2.05) is 46.1 Å². The van der Waals surface area contributed by atoms with Crippen molar-refractivity contribution in [3.63, 3.8) is 0 Å². The van der Waals surface area contributed by atoms with Crippen LogP contribution in [0.2, 0.25) is 0 Å². The van der Waals surface area contributed by atoms with Gasteiger partial charge in [0.05, 0.1) is 50.4 Å². The van der Waals surface area contributed by atoms with Gasteiger partial charge < -0.3 is 14.2 Å². The third-order valence-electron chi connectivity index (χ3n) is 9.35. The SMILES string of the molecule is CC[C@H](C)[C@@H](CN(CC(=O)N(C)[C@@H](CCSC)C(=O)OC)Cc1cccc2ccccc12)N(C(C)=O)c1cncn1Cc1ccc(C#N)cc1. The fourth-order valence-electron chi connectivity index (χ4n) is 6.30. The first kappa shape index (κ1) is 38.1. The van der Waals surface area contributed by atoms with E-state index in [0.29, 0.717) is 43.2 Å². The molecule has 1 heterocycles. The number of esters is 1. The zero-order valence-corrected chi connectivity index (χ0v) is 30.7. The van der Waals surface area contributed by atoms with Gasteiger partial charge in [0.15, 0.2) is 0 Å².